The van der Waals surface area contributed by atoms with Crippen LogP contribution < -0.4 is 15.4 Å². The Morgan fingerprint density at radius 3 is 1.75 bits per heavy atom. The second-order valence-corrected chi connectivity index (χ2v) is 13.3. The summed E-state index contributed by atoms with van der Waals surface area (Å²) < 4.78 is 109. The summed E-state index contributed by atoms with van der Waals surface area (Å²) in [7, 11) is 0. The first-order valence-corrected chi connectivity index (χ1v) is 17.8. The first-order chi connectivity index (χ1) is 27.9. The molecule has 3 aromatic carbocycles. The second-order valence-electron chi connectivity index (χ2n) is 13.3. The molecule has 316 valence electrons. The molecule has 0 aromatic heterocycles. The maximum Gasteiger partial charge on any atom is 0.407 e. The number of amides is 2. The second kappa shape index (κ2) is 18.6. The van der Waals surface area contributed by atoms with Gasteiger partial charge in [-0.1, -0.05) is 48.5 Å². The minimum absolute atomic E-state index is 0.315. The molecule has 7 atom stereocenters. The SMILES string of the molecule is CC(=O)NC1[C@@H](O[C@H](C)[C@H](NC(=O)OCC2c3ccccc3-c3ccccc32)C(=O)Oc2c(F)c(F)c(F)c(F)c2F)OC(COC(C)=O)[C@H](OC(C)=O)[C@H]1OC(C)=O. The van der Waals surface area contributed by atoms with Gasteiger partial charge in [-0.2, -0.15) is 8.78 Å². The van der Waals surface area contributed by atoms with Crippen LogP contribution in [0.5, 0.6) is 5.75 Å². The number of halogens is 5. The van der Waals surface area contributed by atoms with Gasteiger partial charge >= 0.3 is 30.0 Å². The van der Waals surface area contributed by atoms with E-state index >= 15 is 0 Å². The molecule has 0 radical (unpaired) electrons. The molecule has 1 aliphatic carbocycles. The Bertz CT molecular complexity index is 2060. The normalized spacial score (nSPS) is 20.5. The van der Waals surface area contributed by atoms with Crippen molar-refractivity contribution in [1.82, 2.24) is 10.6 Å². The van der Waals surface area contributed by atoms with E-state index in [1.165, 1.54) is 0 Å². The molecule has 1 aliphatic heterocycles. The number of benzene rings is 3. The highest BCUT2D eigenvalue weighted by atomic mass is 19.2. The number of rotatable bonds is 13. The van der Waals surface area contributed by atoms with Gasteiger partial charge in [-0.3, -0.25) is 19.2 Å². The van der Waals surface area contributed by atoms with Crippen LogP contribution in [-0.2, 0) is 52.4 Å². The fraction of sp³-hybridized carbons (Fsp3) is 0.385. The maximum atomic E-state index is 14.7. The molecule has 1 fully saturated rings. The summed E-state index contributed by atoms with van der Waals surface area (Å²) in [4.78, 5) is 75.7. The molecule has 1 heterocycles. The summed E-state index contributed by atoms with van der Waals surface area (Å²) in [6, 6.07) is 10.8. The van der Waals surface area contributed by atoms with Gasteiger partial charge in [0.1, 0.15) is 25.4 Å². The number of hydrogen-bond acceptors (Lipinski definition) is 13. The number of nitrogens with one attached hydrogen (secondary N) is 2. The number of ether oxygens (including phenoxy) is 7. The van der Waals surface area contributed by atoms with Gasteiger partial charge in [0.05, 0.1) is 6.10 Å². The average molecular weight is 837 g/mol. The van der Waals surface area contributed by atoms with Crippen LogP contribution in [0.1, 0.15) is 51.7 Å². The zero-order valence-electron chi connectivity index (χ0n) is 31.8. The van der Waals surface area contributed by atoms with E-state index < -0.39 is 126 Å². The van der Waals surface area contributed by atoms with Gasteiger partial charge in [0, 0.05) is 33.6 Å². The number of alkyl carbamates (subject to hydrolysis) is 1. The first kappa shape index (κ1) is 44.0. The third kappa shape index (κ3) is 9.94. The van der Waals surface area contributed by atoms with Gasteiger partial charge in [0.25, 0.3) is 0 Å². The lowest BCUT2D eigenvalue weighted by Gasteiger charge is -2.45. The fourth-order valence-corrected chi connectivity index (χ4v) is 6.67. The number of carbonyl (C=O) groups excluding carboxylic acids is 6. The number of carbonyl (C=O) groups is 6. The Kier molecular flexibility index (Phi) is 13.9. The summed E-state index contributed by atoms with van der Waals surface area (Å²) >= 11 is 0. The van der Waals surface area contributed by atoms with Crippen LogP contribution in [0.3, 0.4) is 0 Å². The molecule has 1 saturated heterocycles. The lowest BCUT2D eigenvalue weighted by Crippen LogP contribution is -2.67. The molecule has 0 bridgehead atoms. The van der Waals surface area contributed by atoms with Crippen molar-refractivity contribution in [3.05, 3.63) is 88.7 Å². The standard InChI is InChI=1S/C39H37F5N2O13/c1-16(55-38-33(45-17(2)47)36(57-20(5)50)34(56-19(4)49)26(58-38)15-53-18(3)48)32(37(51)59-35-30(43)28(41)27(40)29(42)31(35)44)46-39(52)54-14-25-23-12-8-6-10-21(23)22-11-7-9-13-24(22)25/h6-13,16,25-26,32-34,36,38H,14-15H2,1-5H3,(H,45,47)(H,46,52)/t16-,26?,32+,33?,34+,36+,38+/m1/s1. The van der Waals surface area contributed by atoms with E-state index in [1.54, 1.807) is 12.1 Å². The monoisotopic (exact) mass is 836 g/mol. The Hall–Kier alpha value is -6.15. The van der Waals surface area contributed by atoms with E-state index in [4.69, 9.17) is 28.4 Å². The predicted molar refractivity (Wildman–Crippen MR) is 188 cm³/mol. The van der Waals surface area contributed by atoms with Gasteiger partial charge in [0.15, 0.2) is 24.5 Å². The van der Waals surface area contributed by atoms with E-state index in [-0.39, 0.29) is 6.61 Å². The van der Waals surface area contributed by atoms with Crippen molar-refractivity contribution in [1.29, 1.82) is 0 Å². The third-order valence-electron chi connectivity index (χ3n) is 9.13. The minimum atomic E-state index is -2.54. The van der Waals surface area contributed by atoms with Crippen molar-refractivity contribution in [2.24, 2.45) is 0 Å². The lowest BCUT2D eigenvalue weighted by atomic mass is 9.95. The Morgan fingerprint density at radius 2 is 1.22 bits per heavy atom. The first-order valence-electron chi connectivity index (χ1n) is 17.8. The lowest BCUT2D eigenvalue weighted by molar-refractivity contribution is -0.287. The average Bonchev–Trinajstić information content (AvgIpc) is 3.50. The predicted octanol–water partition coefficient (Wildman–Crippen LogP) is 4.26. The van der Waals surface area contributed by atoms with E-state index in [0.717, 1.165) is 56.9 Å². The smallest absolute Gasteiger partial charge is 0.407 e. The zero-order chi connectivity index (χ0) is 43.3. The highest BCUT2D eigenvalue weighted by Gasteiger charge is 2.52. The molecule has 3 aromatic rings. The number of fused-ring (bicyclic) bond motifs is 3. The molecule has 59 heavy (non-hydrogen) atoms. The largest absolute Gasteiger partial charge is 0.463 e. The topological polar surface area (TPSA) is 191 Å². The van der Waals surface area contributed by atoms with E-state index in [2.05, 4.69) is 15.4 Å². The molecule has 0 spiro atoms. The van der Waals surface area contributed by atoms with Crippen LogP contribution in [0.25, 0.3) is 11.1 Å². The van der Waals surface area contributed by atoms with Gasteiger partial charge < -0.3 is 43.8 Å². The molecular weight excluding hydrogens is 799 g/mol. The number of hydrogen-bond donors (Lipinski definition) is 2. The highest BCUT2D eigenvalue weighted by molar-refractivity contribution is 5.84. The van der Waals surface area contributed by atoms with Crippen molar-refractivity contribution in [3.8, 4) is 16.9 Å². The maximum absolute atomic E-state index is 14.7. The molecule has 15 nitrogen and oxygen atoms in total. The zero-order valence-corrected chi connectivity index (χ0v) is 31.8. The van der Waals surface area contributed by atoms with Crippen LogP contribution in [0.4, 0.5) is 26.7 Å². The van der Waals surface area contributed by atoms with Crippen molar-refractivity contribution < 1.29 is 83.9 Å². The summed E-state index contributed by atoms with van der Waals surface area (Å²) in [5.41, 5.74) is 3.35. The Morgan fingerprint density at radius 1 is 0.695 bits per heavy atom. The van der Waals surface area contributed by atoms with Crippen molar-refractivity contribution >= 4 is 35.9 Å². The van der Waals surface area contributed by atoms with Gasteiger partial charge in [-0.15, -0.1) is 0 Å². The minimum Gasteiger partial charge on any atom is -0.463 e. The molecular formula is C39H37F5N2O13. The van der Waals surface area contributed by atoms with Crippen molar-refractivity contribution in [3.63, 3.8) is 0 Å². The summed E-state index contributed by atoms with van der Waals surface area (Å²) in [5.74, 6) is -20.3. The molecule has 2 amide bonds. The molecule has 5 rings (SSSR count). The summed E-state index contributed by atoms with van der Waals surface area (Å²) in [6.07, 6.45) is -9.70. The summed E-state index contributed by atoms with van der Waals surface area (Å²) in [5, 5.41) is 4.55. The van der Waals surface area contributed by atoms with Crippen LogP contribution in [-0.4, -0.2) is 91.9 Å². The quantitative estimate of drug-likeness (QED) is 0.0621. The molecule has 0 saturated carbocycles. The summed E-state index contributed by atoms with van der Waals surface area (Å²) in [6.45, 7) is 4.16. The van der Waals surface area contributed by atoms with E-state index in [0.29, 0.717) is 0 Å². The molecule has 2 N–H and O–H groups in total. The fourth-order valence-electron chi connectivity index (χ4n) is 6.67. The van der Waals surface area contributed by atoms with Gasteiger partial charge in [-0.25, -0.2) is 22.8 Å². The van der Waals surface area contributed by atoms with Gasteiger partial charge in [-0.05, 0) is 29.2 Å². The van der Waals surface area contributed by atoms with Crippen LogP contribution in [0.15, 0.2) is 48.5 Å². The van der Waals surface area contributed by atoms with Crippen LogP contribution in [0.2, 0.25) is 0 Å². The molecule has 2 unspecified atom stereocenters. The Balaban J connectivity index is 1.48. The molecule has 20 heteroatoms. The van der Waals surface area contributed by atoms with Crippen LogP contribution >= 0.6 is 0 Å². The molecule has 2 aliphatic rings. The van der Waals surface area contributed by atoms with E-state index in [1.807, 2.05) is 36.4 Å². The van der Waals surface area contributed by atoms with Crippen LogP contribution in [0, 0.1) is 29.1 Å². The highest BCUT2D eigenvalue weighted by Crippen LogP contribution is 2.44. The van der Waals surface area contributed by atoms with Crippen molar-refractivity contribution in [2.45, 2.75) is 83.3 Å². The third-order valence-corrected chi connectivity index (χ3v) is 9.13. The van der Waals surface area contributed by atoms with Gasteiger partial charge in [0.2, 0.25) is 40.7 Å². The number of esters is 4. The van der Waals surface area contributed by atoms with E-state index in [9.17, 15) is 50.7 Å². The Labute approximate surface area is 332 Å². The van der Waals surface area contributed by atoms with Crippen molar-refractivity contribution in [2.75, 3.05) is 13.2 Å².